The van der Waals surface area contributed by atoms with Gasteiger partial charge in [0.25, 0.3) is 0 Å². The molecule has 0 unspecified atom stereocenters. The van der Waals surface area contributed by atoms with Gasteiger partial charge < -0.3 is 9.47 Å². The zero-order valence-electron chi connectivity index (χ0n) is 57.9. The first-order valence-electron chi connectivity index (χ1n) is 33.2. The number of hydrogen-bond donors (Lipinski definition) is 0. The van der Waals surface area contributed by atoms with Crippen LogP contribution in [0.15, 0.2) is 152 Å². The molecule has 0 radical (unpaired) electrons. The molecule has 0 bridgehead atoms. The van der Waals surface area contributed by atoms with Gasteiger partial charge in [-0.25, -0.2) is 0 Å². The average molecular weight is 1120 g/mol. The van der Waals surface area contributed by atoms with Crippen molar-refractivity contribution >= 4 is 32.6 Å². The quantitative estimate of drug-likeness (QED) is 0.120. The Morgan fingerprint density at radius 1 is 0.305 bits per heavy atom. The molecule has 4 nitrogen and oxygen atoms in total. The summed E-state index contributed by atoms with van der Waals surface area (Å²) in [5.41, 5.74) is 15.6. The first-order valence-corrected chi connectivity index (χ1v) is 33.2. The molecule has 4 heteroatoms. The van der Waals surface area contributed by atoms with E-state index in [0.29, 0.717) is 0 Å². The smallest absolute Gasteiger partial charge is 0.0505 e. The van der Waals surface area contributed by atoms with E-state index in [-0.39, 0.29) is 0 Å². The molecule has 82 heavy (non-hydrogen) atoms. The molecule has 1 aromatic heterocycles. The molecule has 0 N–H and O–H groups in total. The van der Waals surface area contributed by atoms with Crippen LogP contribution in [0.5, 0.6) is 0 Å². The molecule has 0 amide bonds. The molecule has 1 heterocycles. The van der Waals surface area contributed by atoms with Crippen LogP contribution in [0.25, 0.3) is 54.8 Å². The fourth-order valence-corrected chi connectivity index (χ4v) is 9.59. The van der Waals surface area contributed by atoms with E-state index in [9.17, 15) is 0 Å². The van der Waals surface area contributed by atoms with Gasteiger partial charge in [0.05, 0.1) is 6.67 Å². The molecule has 2 aliphatic rings. The lowest BCUT2D eigenvalue weighted by Crippen LogP contribution is -2.37. The molecule has 0 aliphatic heterocycles. The van der Waals surface area contributed by atoms with Crippen molar-refractivity contribution in [3.8, 4) is 22.3 Å². The molecule has 7 aromatic carbocycles. The Kier molecular flexibility index (Phi) is 51.5. The Morgan fingerprint density at radius 2 is 0.610 bits per heavy atom. The first kappa shape index (κ1) is 80.7. The number of para-hydroxylation sites is 2. The monoisotopic (exact) mass is 1120 g/mol. The SMILES string of the molecule is CC.CC.CC.CC.CC.CC.CC.CCC.CCN(CC)CC.CCN(CC)CN(CC)CC.CCc1ccc2c3c(cccc13)Cc1ccccc1-2.CCn1c2ccccc2c2ccccc21.c1ccc2c(c1)Cc1ccccc1-2. The van der Waals surface area contributed by atoms with Gasteiger partial charge in [0, 0.05) is 28.4 Å². The van der Waals surface area contributed by atoms with Crippen molar-refractivity contribution in [3.05, 3.63) is 179 Å². The number of aryl methyl sites for hydroxylation is 2. The van der Waals surface area contributed by atoms with Crippen LogP contribution in [0.3, 0.4) is 0 Å². The van der Waals surface area contributed by atoms with Gasteiger partial charge in [0.15, 0.2) is 0 Å². The molecule has 8 aromatic rings. The van der Waals surface area contributed by atoms with Crippen LogP contribution in [0.4, 0.5) is 0 Å². The number of hydrogen-bond acceptors (Lipinski definition) is 3. The standard InChI is InChI=1S/C19H16.C14H13N.C13H10.C9H22N2.C6H15N.C3H8.7C2H6/c1-2-13-10-11-18-16-8-4-3-6-14(16)12-15-7-5-9-17(13)19(15)18;1-2-15-13-9-5-3-7-11(13)12-8-4-6-10-14(12)15;1-3-7-12-10(5-1)9-11-6-2-4-8-13(11)12;1-5-10(6-2)9-11(7-3)8-4;1-4-7(5-2)6-3;1-3-2;7*1-2/h3-11H,2,12H2,1H3;3-10H,2H2,1H3;1-8H,9H2;5-9H2,1-4H3;4-6H2,1-3H3;3H2,1-2H3;7*1-2H3. The Hall–Kier alpha value is -5.52. The summed E-state index contributed by atoms with van der Waals surface area (Å²) < 4.78 is 2.37. The van der Waals surface area contributed by atoms with E-state index in [0.717, 1.165) is 58.7 Å². The van der Waals surface area contributed by atoms with Crippen molar-refractivity contribution in [2.24, 2.45) is 0 Å². The first-order chi connectivity index (χ1) is 40.3. The van der Waals surface area contributed by atoms with Crippen LogP contribution >= 0.6 is 0 Å². The lowest BCUT2D eigenvalue weighted by molar-refractivity contribution is 0.152. The second-order valence-corrected chi connectivity index (χ2v) is 17.6. The highest BCUT2D eigenvalue weighted by atomic mass is 15.3. The van der Waals surface area contributed by atoms with E-state index < -0.39 is 0 Å². The van der Waals surface area contributed by atoms with Crippen molar-refractivity contribution in [2.45, 2.75) is 205 Å². The van der Waals surface area contributed by atoms with Crippen LogP contribution in [-0.2, 0) is 25.8 Å². The summed E-state index contributed by atoms with van der Waals surface area (Å²) >= 11 is 0. The lowest BCUT2D eigenvalue weighted by Gasteiger charge is -2.26. The van der Waals surface area contributed by atoms with E-state index >= 15 is 0 Å². The van der Waals surface area contributed by atoms with Crippen LogP contribution in [0, 0.1) is 0 Å². The maximum atomic E-state index is 2.44. The van der Waals surface area contributed by atoms with Gasteiger partial charge in [-0.3, -0.25) is 9.80 Å². The van der Waals surface area contributed by atoms with Crippen molar-refractivity contribution in [2.75, 3.05) is 52.5 Å². The second-order valence-electron chi connectivity index (χ2n) is 17.6. The summed E-state index contributed by atoms with van der Waals surface area (Å²) in [6.07, 6.45) is 4.52. The maximum Gasteiger partial charge on any atom is 0.0505 e. The molecule has 0 saturated carbocycles. The van der Waals surface area contributed by atoms with Gasteiger partial charge in [-0.15, -0.1) is 0 Å². The van der Waals surface area contributed by atoms with E-state index in [1.165, 1.54) is 109 Å². The van der Waals surface area contributed by atoms with Crippen molar-refractivity contribution < 1.29 is 0 Å². The van der Waals surface area contributed by atoms with Gasteiger partial charge >= 0.3 is 0 Å². The molecule has 0 fully saturated rings. The highest BCUT2D eigenvalue weighted by Gasteiger charge is 2.19. The van der Waals surface area contributed by atoms with Crippen LogP contribution in [0.2, 0.25) is 0 Å². The van der Waals surface area contributed by atoms with Crippen molar-refractivity contribution in [1.29, 1.82) is 0 Å². The number of fused-ring (bicyclic) bond motifs is 8. The summed E-state index contributed by atoms with van der Waals surface area (Å²) in [6.45, 7) is 62.5. The number of nitrogens with zero attached hydrogens (tertiary/aromatic N) is 4. The summed E-state index contributed by atoms with van der Waals surface area (Å²) in [4.78, 5) is 7.25. The molecule has 2 aliphatic carbocycles. The zero-order chi connectivity index (χ0) is 62.8. The fraction of sp³-hybridized carbons (Fsp3) is 0.487. The number of benzene rings is 7. The summed E-state index contributed by atoms with van der Waals surface area (Å²) in [7, 11) is 0. The average Bonchev–Trinajstić information content (AvgIpc) is 4.09. The molecular formula is C78H126N4. The normalized spacial score (nSPS) is 10.0. The van der Waals surface area contributed by atoms with E-state index in [1.807, 2.05) is 96.9 Å². The van der Waals surface area contributed by atoms with Crippen molar-refractivity contribution in [1.82, 2.24) is 19.3 Å². The molecular weight excluding hydrogens is 993 g/mol. The molecule has 0 atom stereocenters. The van der Waals surface area contributed by atoms with E-state index in [2.05, 4.69) is 247 Å². The van der Waals surface area contributed by atoms with E-state index in [4.69, 9.17) is 0 Å². The van der Waals surface area contributed by atoms with Gasteiger partial charge in [0.2, 0.25) is 0 Å². The Balaban J connectivity index is -0.000000912. The second kappa shape index (κ2) is 52.3. The van der Waals surface area contributed by atoms with Gasteiger partial charge in [-0.05, 0) is 145 Å². The fourth-order valence-electron chi connectivity index (χ4n) is 9.59. The van der Waals surface area contributed by atoms with Gasteiger partial charge in [0.1, 0.15) is 0 Å². The van der Waals surface area contributed by atoms with Crippen LogP contribution in [0.1, 0.15) is 207 Å². The Labute approximate surface area is 508 Å². The lowest BCUT2D eigenvalue weighted by atomic mass is 9.82. The van der Waals surface area contributed by atoms with Crippen LogP contribution < -0.4 is 0 Å². The Morgan fingerprint density at radius 3 is 0.951 bits per heavy atom. The third-order valence-corrected chi connectivity index (χ3v) is 13.5. The summed E-state index contributed by atoms with van der Waals surface area (Å²) in [5.74, 6) is 0. The third-order valence-electron chi connectivity index (χ3n) is 13.5. The highest BCUT2D eigenvalue weighted by molar-refractivity contribution is 6.08. The molecule has 0 saturated heterocycles. The van der Waals surface area contributed by atoms with Gasteiger partial charge in [-0.2, -0.15) is 0 Å². The molecule has 0 spiro atoms. The van der Waals surface area contributed by atoms with Crippen LogP contribution in [-0.4, -0.2) is 71.7 Å². The predicted molar refractivity (Wildman–Crippen MR) is 381 cm³/mol. The minimum absolute atomic E-state index is 1.02. The largest absolute Gasteiger partial charge is 0.341 e. The number of rotatable bonds is 11. The highest BCUT2D eigenvalue weighted by Crippen LogP contribution is 2.40. The molecule has 458 valence electrons. The van der Waals surface area contributed by atoms with E-state index in [1.54, 1.807) is 0 Å². The Bertz CT molecular complexity index is 2600. The minimum Gasteiger partial charge on any atom is -0.341 e. The number of aromatic nitrogens is 1. The third kappa shape index (κ3) is 25.1. The minimum atomic E-state index is 1.02. The summed E-state index contributed by atoms with van der Waals surface area (Å²) in [5, 5.41) is 5.62. The zero-order valence-corrected chi connectivity index (χ0v) is 57.9. The predicted octanol–water partition coefficient (Wildman–Crippen LogP) is 23.6. The van der Waals surface area contributed by atoms with Crippen molar-refractivity contribution in [3.63, 3.8) is 0 Å². The maximum absolute atomic E-state index is 2.44. The topological polar surface area (TPSA) is 14.7 Å². The molecule has 10 rings (SSSR count). The van der Waals surface area contributed by atoms with Gasteiger partial charge in [-0.1, -0.05) is 312 Å². The summed E-state index contributed by atoms with van der Waals surface area (Å²) in [6, 6.07) is 54.7.